The SMILES string of the molecule is COCCNCCCc1cc(C)cnc1N. The molecule has 0 amide bonds. The van der Waals surface area contributed by atoms with E-state index in [0.29, 0.717) is 5.82 Å². The molecule has 0 radical (unpaired) electrons. The van der Waals surface area contributed by atoms with E-state index < -0.39 is 0 Å². The molecular formula is C12H21N3O. The molecule has 0 saturated heterocycles. The lowest BCUT2D eigenvalue weighted by atomic mass is 10.1. The molecule has 90 valence electrons. The maximum atomic E-state index is 5.80. The first-order valence-electron chi connectivity index (χ1n) is 5.64. The smallest absolute Gasteiger partial charge is 0.126 e. The number of nitrogens with zero attached hydrogens (tertiary/aromatic N) is 1. The van der Waals surface area contributed by atoms with Crippen LogP contribution in [0.5, 0.6) is 0 Å². The van der Waals surface area contributed by atoms with Crippen molar-refractivity contribution in [2.75, 3.05) is 32.5 Å². The summed E-state index contributed by atoms with van der Waals surface area (Å²) in [5, 5.41) is 3.30. The van der Waals surface area contributed by atoms with E-state index in [4.69, 9.17) is 10.5 Å². The number of nitrogens with one attached hydrogen (secondary N) is 1. The van der Waals surface area contributed by atoms with Crippen LogP contribution in [0.3, 0.4) is 0 Å². The molecule has 0 fully saturated rings. The first-order valence-corrected chi connectivity index (χ1v) is 5.64. The van der Waals surface area contributed by atoms with Gasteiger partial charge in [0.05, 0.1) is 6.61 Å². The molecule has 1 heterocycles. The summed E-state index contributed by atoms with van der Waals surface area (Å²) in [5.74, 6) is 0.655. The number of ether oxygens (including phenoxy) is 1. The van der Waals surface area contributed by atoms with Crippen LogP contribution in [0.4, 0.5) is 5.82 Å². The molecule has 1 rings (SSSR count). The molecule has 0 aliphatic rings. The third kappa shape index (κ3) is 4.59. The van der Waals surface area contributed by atoms with E-state index in [1.54, 1.807) is 13.3 Å². The Morgan fingerprint density at radius 2 is 2.25 bits per heavy atom. The number of pyridine rings is 1. The lowest BCUT2D eigenvalue weighted by Crippen LogP contribution is -2.20. The van der Waals surface area contributed by atoms with Gasteiger partial charge in [-0.3, -0.25) is 0 Å². The molecule has 1 aromatic heterocycles. The van der Waals surface area contributed by atoms with Gasteiger partial charge in [0, 0.05) is 19.9 Å². The van der Waals surface area contributed by atoms with Gasteiger partial charge in [0.2, 0.25) is 0 Å². The van der Waals surface area contributed by atoms with Crippen molar-refractivity contribution in [3.63, 3.8) is 0 Å². The fourth-order valence-corrected chi connectivity index (χ4v) is 1.54. The summed E-state index contributed by atoms with van der Waals surface area (Å²) >= 11 is 0. The first-order chi connectivity index (χ1) is 7.74. The minimum Gasteiger partial charge on any atom is -0.383 e. The lowest BCUT2D eigenvalue weighted by Gasteiger charge is -2.06. The molecule has 0 saturated carbocycles. The molecule has 1 aromatic rings. The Hall–Kier alpha value is -1.13. The van der Waals surface area contributed by atoms with Gasteiger partial charge in [-0.25, -0.2) is 4.98 Å². The van der Waals surface area contributed by atoms with Crippen LogP contribution in [0.15, 0.2) is 12.3 Å². The minimum atomic E-state index is 0.655. The van der Waals surface area contributed by atoms with Crippen LogP contribution in [-0.2, 0) is 11.2 Å². The minimum absolute atomic E-state index is 0.655. The summed E-state index contributed by atoms with van der Waals surface area (Å²) in [6, 6.07) is 2.11. The molecular weight excluding hydrogens is 202 g/mol. The molecule has 4 heteroatoms. The summed E-state index contributed by atoms with van der Waals surface area (Å²) < 4.78 is 4.95. The molecule has 0 bridgehead atoms. The molecule has 16 heavy (non-hydrogen) atoms. The second-order valence-corrected chi connectivity index (χ2v) is 3.90. The van der Waals surface area contributed by atoms with Crippen molar-refractivity contribution in [1.29, 1.82) is 0 Å². The van der Waals surface area contributed by atoms with Crippen molar-refractivity contribution >= 4 is 5.82 Å². The second-order valence-electron chi connectivity index (χ2n) is 3.90. The van der Waals surface area contributed by atoms with Crippen LogP contribution in [0.1, 0.15) is 17.5 Å². The molecule has 3 N–H and O–H groups in total. The van der Waals surface area contributed by atoms with Gasteiger partial charge >= 0.3 is 0 Å². The predicted molar refractivity (Wildman–Crippen MR) is 66.5 cm³/mol. The highest BCUT2D eigenvalue weighted by atomic mass is 16.5. The average Bonchev–Trinajstić information content (AvgIpc) is 2.28. The van der Waals surface area contributed by atoms with E-state index in [1.807, 2.05) is 6.92 Å². The van der Waals surface area contributed by atoms with Gasteiger partial charge in [-0.2, -0.15) is 0 Å². The van der Waals surface area contributed by atoms with Crippen molar-refractivity contribution < 1.29 is 4.74 Å². The van der Waals surface area contributed by atoms with Gasteiger partial charge in [0.1, 0.15) is 5.82 Å². The third-order valence-corrected chi connectivity index (χ3v) is 2.42. The molecule has 0 atom stereocenters. The van der Waals surface area contributed by atoms with Crippen LogP contribution in [0, 0.1) is 6.92 Å². The third-order valence-electron chi connectivity index (χ3n) is 2.42. The number of rotatable bonds is 7. The van der Waals surface area contributed by atoms with Gasteiger partial charge < -0.3 is 15.8 Å². The van der Waals surface area contributed by atoms with Crippen molar-refractivity contribution in [3.05, 3.63) is 23.4 Å². The predicted octanol–water partition coefficient (Wildman–Crippen LogP) is 1.14. The number of aryl methyl sites for hydroxylation is 2. The lowest BCUT2D eigenvalue weighted by molar-refractivity contribution is 0.199. The summed E-state index contributed by atoms with van der Waals surface area (Å²) in [6.07, 6.45) is 3.84. The maximum Gasteiger partial charge on any atom is 0.126 e. The number of aromatic nitrogens is 1. The quantitative estimate of drug-likeness (QED) is 0.681. The van der Waals surface area contributed by atoms with Crippen molar-refractivity contribution in [3.8, 4) is 0 Å². The first kappa shape index (κ1) is 12.9. The van der Waals surface area contributed by atoms with E-state index in [0.717, 1.165) is 43.7 Å². The zero-order chi connectivity index (χ0) is 11.8. The average molecular weight is 223 g/mol. The number of methoxy groups -OCH3 is 1. The Balaban J connectivity index is 2.23. The van der Waals surface area contributed by atoms with Crippen LogP contribution in [0.25, 0.3) is 0 Å². The van der Waals surface area contributed by atoms with Gasteiger partial charge in [-0.05, 0) is 37.4 Å². The normalized spacial score (nSPS) is 10.6. The Morgan fingerprint density at radius 3 is 3.00 bits per heavy atom. The van der Waals surface area contributed by atoms with Gasteiger partial charge in [0.25, 0.3) is 0 Å². The summed E-state index contributed by atoms with van der Waals surface area (Å²) in [5.41, 5.74) is 8.11. The van der Waals surface area contributed by atoms with E-state index in [9.17, 15) is 0 Å². The fourth-order valence-electron chi connectivity index (χ4n) is 1.54. The largest absolute Gasteiger partial charge is 0.383 e. The maximum absolute atomic E-state index is 5.80. The topological polar surface area (TPSA) is 60.2 Å². The van der Waals surface area contributed by atoms with Gasteiger partial charge in [-0.15, -0.1) is 0 Å². The highest BCUT2D eigenvalue weighted by Gasteiger charge is 2.00. The second kappa shape index (κ2) is 7.19. The highest BCUT2D eigenvalue weighted by molar-refractivity contribution is 5.40. The number of nitrogen functional groups attached to an aromatic ring is 1. The zero-order valence-electron chi connectivity index (χ0n) is 10.1. The fraction of sp³-hybridized carbons (Fsp3) is 0.583. The van der Waals surface area contributed by atoms with Crippen molar-refractivity contribution in [1.82, 2.24) is 10.3 Å². The Morgan fingerprint density at radius 1 is 1.44 bits per heavy atom. The van der Waals surface area contributed by atoms with E-state index >= 15 is 0 Å². The van der Waals surface area contributed by atoms with E-state index in [1.165, 1.54) is 0 Å². The molecule has 0 aliphatic carbocycles. The Kier molecular flexibility index (Phi) is 5.82. The van der Waals surface area contributed by atoms with Crippen LogP contribution >= 0.6 is 0 Å². The molecule has 0 unspecified atom stereocenters. The van der Waals surface area contributed by atoms with Gasteiger partial charge in [-0.1, -0.05) is 6.07 Å². The van der Waals surface area contributed by atoms with Gasteiger partial charge in [0.15, 0.2) is 0 Å². The molecule has 0 spiro atoms. The van der Waals surface area contributed by atoms with Crippen molar-refractivity contribution in [2.45, 2.75) is 19.8 Å². The summed E-state index contributed by atoms with van der Waals surface area (Å²) in [4.78, 5) is 4.14. The standard InChI is InChI=1S/C12H21N3O/c1-10-8-11(12(13)15-9-10)4-3-5-14-6-7-16-2/h8-9,14H,3-7H2,1-2H3,(H2,13,15). The Labute approximate surface area is 97.2 Å². The molecule has 0 aliphatic heterocycles. The van der Waals surface area contributed by atoms with Crippen LogP contribution in [0.2, 0.25) is 0 Å². The number of nitrogens with two attached hydrogens (primary N) is 1. The van der Waals surface area contributed by atoms with Crippen LogP contribution < -0.4 is 11.1 Å². The van der Waals surface area contributed by atoms with E-state index in [2.05, 4.69) is 16.4 Å². The number of hydrogen-bond acceptors (Lipinski definition) is 4. The monoisotopic (exact) mass is 223 g/mol. The molecule has 0 aromatic carbocycles. The molecule has 4 nitrogen and oxygen atoms in total. The summed E-state index contributed by atoms with van der Waals surface area (Å²) in [6.45, 7) is 4.68. The number of anilines is 1. The van der Waals surface area contributed by atoms with Crippen molar-refractivity contribution in [2.24, 2.45) is 0 Å². The number of hydrogen-bond donors (Lipinski definition) is 2. The Bertz CT molecular complexity index is 315. The van der Waals surface area contributed by atoms with E-state index in [-0.39, 0.29) is 0 Å². The zero-order valence-corrected chi connectivity index (χ0v) is 10.1. The van der Waals surface area contributed by atoms with Crippen LogP contribution in [-0.4, -0.2) is 31.8 Å². The highest BCUT2D eigenvalue weighted by Crippen LogP contribution is 2.11. The summed E-state index contributed by atoms with van der Waals surface area (Å²) in [7, 11) is 1.71.